The first kappa shape index (κ1) is 21.1. The van der Waals surface area contributed by atoms with Crippen LogP contribution < -0.4 is 14.9 Å². The molecule has 0 aliphatic heterocycles. The highest BCUT2D eigenvalue weighted by molar-refractivity contribution is 9.10. The predicted molar refractivity (Wildman–Crippen MR) is 119 cm³/mol. The number of nitrogens with one attached hydrogen (secondary N) is 1. The molecule has 150 valence electrons. The Balaban J connectivity index is 0.00000117. The summed E-state index contributed by atoms with van der Waals surface area (Å²) in [4.78, 5) is 9.92. The van der Waals surface area contributed by atoms with E-state index in [1.165, 1.54) is 0 Å². The van der Waals surface area contributed by atoms with Gasteiger partial charge in [0.25, 0.3) is 0 Å². The molecule has 4 aromatic rings. The van der Waals surface area contributed by atoms with Crippen LogP contribution in [0.3, 0.4) is 0 Å². The molecule has 0 radical (unpaired) electrons. The van der Waals surface area contributed by atoms with Crippen molar-refractivity contribution in [2.75, 3.05) is 12.4 Å². The van der Waals surface area contributed by atoms with Gasteiger partial charge >= 0.3 is 0 Å². The fraction of sp³-hybridized carbons (Fsp3) is 0.190. The van der Waals surface area contributed by atoms with Gasteiger partial charge in [-0.1, -0.05) is 43.6 Å². The third-order valence-electron chi connectivity index (χ3n) is 4.10. The van der Waals surface area contributed by atoms with E-state index in [4.69, 9.17) is 21.4 Å². The van der Waals surface area contributed by atoms with E-state index in [0.717, 1.165) is 32.8 Å². The minimum absolute atomic E-state index is 0.600. The van der Waals surface area contributed by atoms with Crippen LogP contribution in [0.5, 0.6) is 0 Å². The Kier molecular flexibility index (Phi) is 7.06. The zero-order valence-corrected chi connectivity index (χ0v) is 18.8. The molecule has 0 bridgehead atoms. The van der Waals surface area contributed by atoms with Gasteiger partial charge in [0.2, 0.25) is 12.4 Å². The molecule has 3 aromatic heterocycles. The van der Waals surface area contributed by atoms with Crippen molar-refractivity contribution in [2.24, 2.45) is 0 Å². The summed E-state index contributed by atoms with van der Waals surface area (Å²) in [7, 11) is 1.63. The van der Waals surface area contributed by atoms with Crippen LogP contribution in [0.2, 0.25) is 5.02 Å². The summed E-state index contributed by atoms with van der Waals surface area (Å²) in [5.74, 6) is 0.813. The smallest absolute Gasteiger partial charge is 0.227 e. The highest BCUT2D eigenvalue weighted by Gasteiger charge is 2.13. The number of fused-ring (bicyclic) bond motifs is 1. The van der Waals surface area contributed by atoms with E-state index in [-0.39, 0.29) is 0 Å². The number of halogens is 2. The Labute approximate surface area is 183 Å². The van der Waals surface area contributed by atoms with Crippen molar-refractivity contribution in [3.8, 4) is 11.3 Å². The number of aromatic nitrogens is 4. The maximum absolute atomic E-state index is 6.37. The normalized spacial score (nSPS) is 10.4. The molecule has 8 heteroatoms. The van der Waals surface area contributed by atoms with E-state index in [2.05, 4.69) is 26.3 Å². The van der Waals surface area contributed by atoms with Crippen LogP contribution in [-0.2, 0) is 6.54 Å². The fourth-order valence-electron chi connectivity index (χ4n) is 2.78. The van der Waals surface area contributed by atoms with Gasteiger partial charge in [0.15, 0.2) is 5.65 Å². The van der Waals surface area contributed by atoms with Crippen LogP contribution in [0, 0.1) is 0 Å². The summed E-state index contributed by atoms with van der Waals surface area (Å²) >= 11 is 9.89. The molecule has 4 rings (SSSR count). The summed E-state index contributed by atoms with van der Waals surface area (Å²) in [5.41, 5.74) is 3.43. The van der Waals surface area contributed by atoms with Gasteiger partial charge in [0.1, 0.15) is 12.9 Å². The molecule has 0 aliphatic carbocycles. The van der Waals surface area contributed by atoms with Crippen LogP contribution in [-0.4, -0.2) is 21.7 Å². The number of pyridine rings is 1. The van der Waals surface area contributed by atoms with Crippen molar-refractivity contribution in [2.45, 2.75) is 20.4 Å². The maximum Gasteiger partial charge on any atom is 0.227 e. The lowest BCUT2D eigenvalue weighted by Crippen LogP contribution is -2.40. The minimum Gasteiger partial charge on any atom is -0.366 e. The molecule has 0 saturated carbocycles. The first-order valence-electron chi connectivity index (χ1n) is 9.23. The number of nitrogens with zero attached hydrogens (tertiary/aromatic N) is 4. The van der Waals surface area contributed by atoms with Gasteiger partial charge in [-0.3, -0.25) is 4.84 Å². The highest BCUT2D eigenvalue weighted by atomic mass is 79.9. The van der Waals surface area contributed by atoms with Crippen molar-refractivity contribution in [3.05, 3.63) is 76.1 Å². The van der Waals surface area contributed by atoms with Crippen LogP contribution in [0.4, 0.5) is 5.82 Å². The van der Waals surface area contributed by atoms with Crippen LogP contribution in [0.25, 0.3) is 16.9 Å². The molecule has 0 saturated heterocycles. The average molecular weight is 476 g/mol. The summed E-state index contributed by atoms with van der Waals surface area (Å²) in [6.45, 7) is 4.60. The molecule has 3 heterocycles. The molecule has 29 heavy (non-hydrogen) atoms. The summed E-state index contributed by atoms with van der Waals surface area (Å²) in [6, 6.07) is 13.6. The minimum atomic E-state index is 0.600. The van der Waals surface area contributed by atoms with Crippen LogP contribution in [0.1, 0.15) is 19.4 Å². The predicted octanol–water partition coefficient (Wildman–Crippen LogP) is 4.80. The van der Waals surface area contributed by atoms with Gasteiger partial charge in [-0.05, 0) is 28.1 Å². The molecular weight excluding hydrogens is 454 g/mol. The monoisotopic (exact) mass is 474 g/mol. The highest BCUT2D eigenvalue weighted by Crippen LogP contribution is 2.30. The van der Waals surface area contributed by atoms with E-state index in [1.54, 1.807) is 22.6 Å². The van der Waals surface area contributed by atoms with Crippen molar-refractivity contribution >= 4 is 39.0 Å². The summed E-state index contributed by atoms with van der Waals surface area (Å²) in [5, 5.41) is 8.48. The third kappa shape index (κ3) is 4.68. The average Bonchev–Trinajstić information content (AvgIpc) is 3.15. The molecule has 1 N–H and O–H groups in total. The van der Waals surface area contributed by atoms with E-state index in [1.807, 2.05) is 68.7 Å². The molecule has 0 spiro atoms. The number of rotatable bonds is 5. The molecule has 1 aromatic carbocycles. The second-order valence-electron chi connectivity index (χ2n) is 5.84. The van der Waals surface area contributed by atoms with Crippen LogP contribution >= 0.6 is 27.5 Å². The number of hydrogen-bond acceptors (Lipinski definition) is 4. The van der Waals surface area contributed by atoms with E-state index in [0.29, 0.717) is 11.6 Å². The molecule has 0 unspecified atom stereocenters. The van der Waals surface area contributed by atoms with Gasteiger partial charge in [-0.2, -0.15) is 9.61 Å². The first-order valence-corrected chi connectivity index (χ1v) is 10.4. The van der Waals surface area contributed by atoms with Gasteiger partial charge in [0.05, 0.1) is 16.4 Å². The molecule has 0 atom stereocenters. The molecule has 0 amide bonds. The van der Waals surface area contributed by atoms with E-state index < -0.39 is 0 Å². The Morgan fingerprint density at radius 2 is 2.00 bits per heavy atom. The van der Waals surface area contributed by atoms with E-state index in [9.17, 15) is 0 Å². The topological polar surface area (TPSA) is 55.3 Å². The number of hydrogen-bond donors (Lipinski definition) is 1. The Morgan fingerprint density at radius 3 is 2.76 bits per heavy atom. The van der Waals surface area contributed by atoms with Crippen LogP contribution in [0.15, 0.2) is 65.5 Å². The number of anilines is 1. The Morgan fingerprint density at radius 1 is 1.21 bits per heavy atom. The summed E-state index contributed by atoms with van der Waals surface area (Å²) < 4.78 is 4.23. The van der Waals surface area contributed by atoms with Crippen molar-refractivity contribution in [1.82, 2.24) is 14.6 Å². The quantitative estimate of drug-likeness (QED) is 0.421. The molecular formula is C21H22BrClN5O+. The largest absolute Gasteiger partial charge is 0.366 e. The lowest BCUT2D eigenvalue weighted by atomic mass is 10.1. The molecule has 0 aliphatic rings. The van der Waals surface area contributed by atoms with E-state index >= 15 is 0 Å². The SMILES string of the molecule is CC.CO[n+]1cccc(CNc2cc(-c3ccccc3Cl)nc3c(Br)cnn23)c1. The first-order chi connectivity index (χ1) is 14.2. The molecule has 0 fully saturated rings. The lowest BCUT2D eigenvalue weighted by molar-refractivity contribution is -0.885. The number of benzene rings is 1. The third-order valence-corrected chi connectivity index (χ3v) is 4.99. The Hall–Kier alpha value is -2.64. The van der Waals surface area contributed by atoms with Gasteiger partial charge < -0.3 is 5.32 Å². The van der Waals surface area contributed by atoms with Gasteiger partial charge in [-0.25, -0.2) is 4.98 Å². The van der Waals surface area contributed by atoms with Gasteiger partial charge in [-0.15, -0.1) is 0 Å². The second kappa shape index (κ2) is 9.71. The second-order valence-corrected chi connectivity index (χ2v) is 7.10. The van der Waals surface area contributed by atoms with Crippen molar-refractivity contribution in [1.29, 1.82) is 0 Å². The fourth-order valence-corrected chi connectivity index (χ4v) is 3.36. The van der Waals surface area contributed by atoms with Crippen molar-refractivity contribution < 1.29 is 9.57 Å². The molecule has 6 nitrogen and oxygen atoms in total. The lowest BCUT2D eigenvalue weighted by Gasteiger charge is -2.11. The standard InChI is InChI=1S/C19H16BrClN5O.C2H6/c1-27-25-8-4-5-13(12-25)10-22-18-9-17(14-6-2-3-7-16(14)21)24-19-15(20)11-23-26(18)19;1-2/h2-9,11-12,22H,10H2,1H3;1-2H3/q+1;. The zero-order chi connectivity index (χ0) is 20.8. The maximum atomic E-state index is 6.37. The van der Waals surface area contributed by atoms with Crippen molar-refractivity contribution in [3.63, 3.8) is 0 Å². The summed E-state index contributed by atoms with van der Waals surface area (Å²) in [6.07, 6.45) is 5.49. The Bertz CT molecular complexity index is 1120. The zero-order valence-electron chi connectivity index (χ0n) is 16.4. The van der Waals surface area contributed by atoms with Gasteiger partial charge in [0, 0.05) is 39.6 Å².